The zero-order chi connectivity index (χ0) is 13.2. The lowest BCUT2D eigenvalue weighted by molar-refractivity contribution is 0.314. The van der Waals surface area contributed by atoms with E-state index in [1.54, 1.807) is 26.5 Å². The Kier molecular flexibility index (Phi) is 2.71. The first-order chi connectivity index (χ1) is 9.31. The molecule has 7 nitrogen and oxygen atoms in total. The smallest absolute Gasteiger partial charge is 0.243 e. The van der Waals surface area contributed by atoms with E-state index in [2.05, 4.69) is 24.9 Å². The van der Waals surface area contributed by atoms with Crippen LogP contribution < -0.4 is 9.47 Å². The van der Waals surface area contributed by atoms with Crippen molar-refractivity contribution in [3.8, 4) is 22.8 Å². The van der Waals surface area contributed by atoms with E-state index in [9.17, 15) is 0 Å². The first kappa shape index (κ1) is 11.4. The molecule has 0 atom stereocenters. The molecule has 0 bridgehead atoms. The van der Waals surface area contributed by atoms with E-state index in [0.717, 1.165) is 5.56 Å². The topological polar surface area (TPSA) is 83.2 Å². The Morgan fingerprint density at radius 2 is 1.89 bits per heavy atom. The molecule has 0 saturated heterocycles. The average molecular weight is 258 g/mol. The van der Waals surface area contributed by atoms with Crippen molar-refractivity contribution in [2.75, 3.05) is 14.2 Å². The summed E-state index contributed by atoms with van der Waals surface area (Å²) in [6, 6.07) is 5.45. The lowest BCUT2D eigenvalue weighted by Crippen LogP contribution is -1.93. The molecule has 1 aromatic carbocycles. The molecule has 0 spiro atoms. The number of rotatable bonds is 3. The average Bonchev–Trinajstić information content (AvgIpc) is 2.93. The van der Waals surface area contributed by atoms with Crippen LogP contribution in [0.25, 0.3) is 22.6 Å². The van der Waals surface area contributed by atoms with Gasteiger partial charge in [0.05, 0.1) is 26.1 Å². The van der Waals surface area contributed by atoms with Crippen LogP contribution in [0.3, 0.4) is 0 Å². The van der Waals surface area contributed by atoms with Gasteiger partial charge in [-0.15, -0.1) is 0 Å². The van der Waals surface area contributed by atoms with Crippen molar-refractivity contribution in [3.05, 3.63) is 24.4 Å². The summed E-state index contributed by atoms with van der Waals surface area (Å²) < 4.78 is 15.1. The second-order valence-corrected chi connectivity index (χ2v) is 3.73. The Labute approximate surface area is 108 Å². The second-order valence-electron chi connectivity index (χ2n) is 3.73. The van der Waals surface area contributed by atoms with Crippen LogP contribution in [0, 0.1) is 0 Å². The minimum atomic E-state index is 0.357. The van der Waals surface area contributed by atoms with Gasteiger partial charge in [-0.1, -0.05) is 0 Å². The van der Waals surface area contributed by atoms with Crippen LogP contribution in [0.5, 0.6) is 11.5 Å². The number of benzene rings is 1. The summed E-state index contributed by atoms with van der Waals surface area (Å²) in [5.41, 5.74) is 2.15. The van der Waals surface area contributed by atoms with Gasteiger partial charge in [0.1, 0.15) is 11.5 Å². The second kappa shape index (κ2) is 4.52. The molecule has 0 aliphatic carbocycles. The molecule has 0 unspecified atom stereocenters. The molecule has 3 rings (SSSR count). The highest BCUT2D eigenvalue weighted by Crippen LogP contribution is 2.32. The lowest BCUT2D eigenvalue weighted by Gasteiger charge is -2.09. The Bertz CT molecular complexity index is 726. The van der Waals surface area contributed by atoms with Crippen molar-refractivity contribution < 1.29 is 14.1 Å². The normalized spacial score (nSPS) is 10.6. The molecule has 0 aliphatic heterocycles. The summed E-state index contributed by atoms with van der Waals surface area (Å²) in [5.74, 6) is 1.35. The Balaban J connectivity index is 2.14. The maximum absolute atomic E-state index is 5.33. The zero-order valence-corrected chi connectivity index (χ0v) is 10.3. The molecule has 0 fully saturated rings. The Morgan fingerprint density at radius 1 is 1.05 bits per heavy atom. The summed E-state index contributed by atoms with van der Waals surface area (Å²) >= 11 is 0. The fourth-order valence-electron chi connectivity index (χ4n) is 1.74. The van der Waals surface area contributed by atoms with Gasteiger partial charge in [0.25, 0.3) is 0 Å². The molecule has 7 heteroatoms. The van der Waals surface area contributed by atoms with Crippen LogP contribution in [0.2, 0.25) is 0 Å². The van der Waals surface area contributed by atoms with Gasteiger partial charge in [0.2, 0.25) is 11.3 Å². The van der Waals surface area contributed by atoms with E-state index in [4.69, 9.17) is 9.47 Å². The molecular formula is C12H10N4O3. The number of fused-ring (bicyclic) bond motifs is 1. The van der Waals surface area contributed by atoms with Crippen LogP contribution in [-0.2, 0) is 0 Å². The number of methoxy groups -OCH3 is 2. The predicted molar refractivity (Wildman–Crippen MR) is 65.9 cm³/mol. The SMILES string of the molecule is COc1ccc(-c2cnc3nonc3n2)c(OC)c1. The fraction of sp³-hybridized carbons (Fsp3) is 0.167. The Hall–Kier alpha value is -2.70. The van der Waals surface area contributed by atoms with E-state index in [1.807, 2.05) is 12.1 Å². The van der Waals surface area contributed by atoms with E-state index in [0.29, 0.717) is 28.5 Å². The van der Waals surface area contributed by atoms with Crippen molar-refractivity contribution in [2.24, 2.45) is 0 Å². The van der Waals surface area contributed by atoms with Gasteiger partial charge in [0.15, 0.2) is 0 Å². The first-order valence-corrected chi connectivity index (χ1v) is 5.49. The van der Waals surface area contributed by atoms with Crippen LogP contribution >= 0.6 is 0 Å². The van der Waals surface area contributed by atoms with E-state index in [-0.39, 0.29) is 0 Å². The molecule has 2 aromatic heterocycles. The van der Waals surface area contributed by atoms with Gasteiger partial charge in [-0.05, 0) is 22.4 Å². The van der Waals surface area contributed by atoms with Gasteiger partial charge >= 0.3 is 0 Å². The highest BCUT2D eigenvalue weighted by molar-refractivity contribution is 5.73. The molecule has 0 amide bonds. The lowest BCUT2D eigenvalue weighted by atomic mass is 10.1. The standard InChI is InChI=1S/C12H10N4O3/c1-17-7-3-4-8(10(5-7)18-2)9-6-13-11-12(14-9)16-19-15-11/h3-6H,1-2H3. The third kappa shape index (κ3) is 1.95. The molecule has 0 saturated carbocycles. The summed E-state index contributed by atoms with van der Waals surface area (Å²) in [4.78, 5) is 8.44. The van der Waals surface area contributed by atoms with Crippen LogP contribution in [-0.4, -0.2) is 34.5 Å². The highest BCUT2D eigenvalue weighted by Gasteiger charge is 2.12. The molecule has 3 aromatic rings. The summed E-state index contributed by atoms with van der Waals surface area (Å²) in [5, 5.41) is 7.28. The molecule has 0 radical (unpaired) electrons. The van der Waals surface area contributed by atoms with Gasteiger partial charge in [-0.3, -0.25) is 0 Å². The maximum Gasteiger partial charge on any atom is 0.243 e. The van der Waals surface area contributed by atoms with Crippen molar-refractivity contribution >= 4 is 11.3 Å². The fourth-order valence-corrected chi connectivity index (χ4v) is 1.74. The van der Waals surface area contributed by atoms with E-state index < -0.39 is 0 Å². The van der Waals surface area contributed by atoms with Crippen LogP contribution in [0.15, 0.2) is 29.0 Å². The molecule has 19 heavy (non-hydrogen) atoms. The van der Waals surface area contributed by atoms with E-state index >= 15 is 0 Å². The molecular weight excluding hydrogens is 248 g/mol. The summed E-state index contributed by atoms with van der Waals surface area (Å²) in [7, 11) is 3.18. The molecule has 96 valence electrons. The van der Waals surface area contributed by atoms with Crippen molar-refractivity contribution in [3.63, 3.8) is 0 Å². The van der Waals surface area contributed by atoms with Gasteiger partial charge in [0, 0.05) is 11.6 Å². The number of ether oxygens (including phenoxy) is 2. The molecule has 0 aliphatic rings. The predicted octanol–water partition coefficient (Wildman–Crippen LogP) is 1.70. The van der Waals surface area contributed by atoms with Gasteiger partial charge in [-0.25, -0.2) is 14.6 Å². The first-order valence-electron chi connectivity index (χ1n) is 5.49. The van der Waals surface area contributed by atoms with Crippen molar-refractivity contribution in [1.82, 2.24) is 20.3 Å². The monoisotopic (exact) mass is 258 g/mol. The summed E-state index contributed by atoms with van der Waals surface area (Å²) in [6.45, 7) is 0. The quantitative estimate of drug-likeness (QED) is 0.706. The van der Waals surface area contributed by atoms with Crippen LogP contribution in [0.1, 0.15) is 0 Å². The van der Waals surface area contributed by atoms with Gasteiger partial charge < -0.3 is 9.47 Å². The van der Waals surface area contributed by atoms with Crippen LogP contribution in [0.4, 0.5) is 0 Å². The maximum atomic E-state index is 5.33. The molecule has 0 N–H and O–H groups in total. The number of aromatic nitrogens is 4. The zero-order valence-electron chi connectivity index (χ0n) is 10.3. The number of hydrogen-bond acceptors (Lipinski definition) is 7. The summed E-state index contributed by atoms with van der Waals surface area (Å²) in [6.07, 6.45) is 1.59. The largest absolute Gasteiger partial charge is 0.497 e. The van der Waals surface area contributed by atoms with Crippen molar-refractivity contribution in [2.45, 2.75) is 0 Å². The number of nitrogens with zero attached hydrogens (tertiary/aromatic N) is 4. The van der Waals surface area contributed by atoms with Gasteiger partial charge in [-0.2, -0.15) is 0 Å². The third-order valence-corrected chi connectivity index (χ3v) is 2.67. The highest BCUT2D eigenvalue weighted by atomic mass is 16.6. The molecule has 2 heterocycles. The Morgan fingerprint density at radius 3 is 2.68 bits per heavy atom. The number of hydrogen-bond donors (Lipinski definition) is 0. The van der Waals surface area contributed by atoms with E-state index in [1.165, 1.54) is 0 Å². The van der Waals surface area contributed by atoms with Crippen molar-refractivity contribution in [1.29, 1.82) is 0 Å². The third-order valence-electron chi connectivity index (χ3n) is 2.67. The minimum Gasteiger partial charge on any atom is -0.497 e. The minimum absolute atomic E-state index is 0.357.